The zero-order valence-corrected chi connectivity index (χ0v) is 16.4. The number of nitrogens with zero attached hydrogens (tertiary/aromatic N) is 4. The van der Waals surface area contributed by atoms with E-state index < -0.39 is 6.10 Å². The van der Waals surface area contributed by atoms with Crippen molar-refractivity contribution in [1.29, 1.82) is 0 Å². The molecule has 1 aromatic carbocycles. The van der Waals surface area contributed by atoms with Crippen LogP contribution in [-0.4, -0.2) is 64.0 Å². The van der Waals surface area contributed by atoms with Crippen molar-refractivity contribution < 1.29 is 9.90 Å². The second kappa shape index (κ2) is 8.24. The number of thioether (sulfide) groups is 1. The lowest BCUT2D eigenvalue weighted by Crippen LogP contribution is -2.31. The van der Waals surface area contributed by atoms with Gasteiger partial charge in [0.15, 0.2) is 0 Å². The first-order valence-corrected chi connectivity index (χ1v) is 10.0. The Bertz CT molecular complexity index is 775. The topological polar surface area (TPSA) is 61.6 Å². The molecule has 1 aliphatic rings. The number of carbonyl (C=O) groups excluding carboxylic acids is 1. The van der Waals surface area contributed by atoms with Gasteiger partial charge in [-0.25, -0.2) is 0 Å². The normalized spacial score (nSPS) is 15.7. The summed E-state index contributed by atoms with van der Waals surface area (Å²) in [5, 5.41) is 14.9. The van der Waals surface area contributed by atoms with E-state index in [1.807, 2.05) is 65.2 Å². The van der Waals surface area contributed by atoms with Crippen LogP contribution in [0.5, 0.6) is 0 Å². The third-order valence-electron chi connectivity index (χ3n) is 4.54. The van der Waals surface area contributed by atoms with E-state index in [0.29, 0.717) is 25.3 Å². The molecule has 0 radical (unpaired) electrons. The lowest BCUT2D eigenvalue weighted by molar-refractivity contribution is 0.0742. The van der Waals surface area contributed by atoms with Crippen LogP contribution in [0.15, 0.2) is 35.2 Å². The number of aliphatic hydroxyl groups is 1. The molecule has 1 aromatic heterocycles. The molecule has 26 heavy (non-hydrogen) atoms. The summed E-state index contributed by atoms with van der Waals surface area (Å²) in [7, 11) is 3.85. The smallest absolute Gasteiger partial charge is 0.255 e. The van der Waals surface area contributed by atoms with Gasteiger partial charge in [0.05, 0.1) is 23.5 Å². The summed E-state index contributed by atoms with van der Waals surface area (Å²) in [6.45, 7) is 2.52. The number of fused-ring (bicyclic) bond motifs is 1. The first-order valence-electron chi connectivity index (χ1n) is 8.81. The Labute approximate surface area is 158 Å². The van der Waals surface area contributed by atoms with E-state index in [1.54, 1.807) is 11.8 Å². The SMILES string of the molecule is CSc1ccccc1C(=O)N1CCCn2nc([C@@H](O)CN(C)C)cc2C1. The van der Waals surface area contributed by atoms with Gasteiger partial charge in [-0.2, -0.15) is 5.10 Å². The molecule has 3 rings (SSSR count). The molecule has 6 nitrogen and oxygen atoms in total. The van der Waals surface area contributed by atoms with E-state index in [-0.39, 0.29) is 5.91 Å². The molecular formula is C19H26N4O2S. The summed E-state index contributed by atoms with van der Waals surface area (Å²) in [6, 6.07) is 9.67. The molecule has 7 heteroatoms. The van der Waals surface area contributed by atoms with Crippen LogP contribution in [0.3, 0.4) is 0 Å². The molecule has 0 bridgehead atoms. The summed E-state index contributed by atoms with van der Waals surface area (Å²) in [5.41, 5.74) is 2.40. The van der Waals surface area contributed by atoms with Crippen molar-refractivity contribution in [1.82, 2.24) is 19.6 Å². The maximum Gasteiger partial charge on any atom is 0.255 e. The summed E-state index contributed by atoms with van der Waals surface area (Å²) in [4.78, 5) is 17.9. The lowest BCUT2D eigenvalue weighted by Gasteiger charge is -2.21. The van der Waals surface area contributed by atoms with Crippen molar-refractivity contribution in [3.63, 3.8) is 0 Å². The molecule has 0 saturated heterocycles. The zero-order valence-electron chi connectivity index (χ0n) is 15.6. The molecule has 1 atom stereocenters. The largest absolute Gasteiger partial charge is 0.385 e. The summed E-state index contributed by atoms with van der Waals surface area (Å²) >= 11 is 1.59. The monoisotopic (exact) mass is 374 g/mol. The zero-order chi connectivity index (χ0) is 18.7. The van der Waals surface area contributed by atoms with Crippen molar-refractivity contribution >= 4 is 17.7 Å². The summed E-state index contributed by atoms with van der Waals surface area (Å²) < 4.78 is 1.93. The number of aromatic nitrogens is 2. The van der Waals surface area contributed by atoms with E-state index in [2.05, 4.69) is 5.10 Å². The highest BCUT2D eigenvalue weighted by molar-refractivity contribution is 7.98. The number of aryl methyl sites for hydroxylation is 1. The number of hydrogen-bond acceptors (Lipinski definition) is 5. The fraction of sp³-hybridized carbons (Fsp3) is 0.474. The van der Waals surface area contributed by atoms with Crippen LogP contribution in [0.25, 0.3) is 0 Å². The van der Waals surface area contributed by atoms with Gasteiger partial charge >= 0.3 is 0 Å². The van der Waals surface area contributed by atoms with Crippen molar-refractivity contribution in [2.45, 2.75) is 30.5 Å². The molecule has 1 amide bonds. The molecule has 0 unspecified atom stereocenters. The van der Waals surface area contributed by atoms with Crippen molar-refractivity contribution in [3.8, 4) is 0 Å². The van der Waals surface area contributed by atoms with Crippen LogP contribution in [0, 0.1) is 0 Å². The minimum atomic E-state index is -0.620. The Hall–Kier alpha value is -1.83. The molecule has 1 aliphatic heterocycles. The number of benzene rings is 1. The van der Waals surface area contributed by atoms with Gasteiger partial charge in [-0.1, -0.05) is 12.1 Å². The van der Waals surface area contributed by atoms with Gasteiger partial charge in [-0.15, -0.1) is 11.8 Å². The number of carbonyl (C=O) groups is 1. The van der Waals surface area contributed by atoms with Gasteiger partial charge in [0.25, 0.3) is 5.91 Å². The van der Waals surface area contributed by atoms with E-state index in [0.717, 1.165) is 29.1 Å². The number of aliphatic hydroxyl groups excluding tert-OH is 1. The summed E-state index contributed by atoms with van der Waals surface area (Å²) in [5.74, 6) is 0.0555. The predicted molar refractivity (Wildman–Crippen MR) is 103 cm³/mol. The van der Waals surface area contributed by atoms with E-state index in [9.17, 15) is 9.90 Å². The Balaban J connectivity index is 1.81. The highest BCUT2D eigenvalue weighted by Crippen LogP contribution is 2.24. The fourth-order valence-corrected chi connectivity index (χ4v) is 3.84. The summed E-state index contributed by atoms with van der Waals surface area (Å²) in [6.07, 6.45) is 2.22. The van der Waals surface area contributed by atoms with Crippen LogP contribution in [0.4, 0.5) is 0 Å². The molecule has 140 valence electrons. The van der Waals surface area contributed by atoms with Crippen LogP contribution in [-0.2, 0) is 13.1 Å². The Morgan fingerprint density at radius 3 is 2.85 bits per heavy atom. The van der Waals surface area contributed by atoms with Crippen LogP contribution in [0.2, 0.25) is 0 Å². The Kier molecular flexibility index (Phi) is 6.01. The van der Waals surface area contributed by atoms with E-state index in [4.69, 9.17) is 0 Å². The van der Waals surface area contributed by atoms with Gasteiger partial charge in [0.2, 0.25) is 0 Å². The molecule has 2 aromatic rings. The molecule has 0 spiro atoms. The second-order valence-corrected chi connectivity index (χ2v) is 7.69. The molecule has 2 heterocycles. The van der Waals surface area contributed by atoms with Crippen molar-refractivity contribution in [3.05, 3.63) is 47.3 Å². The minimum Gasteiger partial charge on any atom is -0.385 e. The molecule has 0 aliphatic carbocycles. The van der Waals surface area contributed by atoms with Crippen LogP contribution >= 0.6 is 11.8 Å². The van der Waals surface area contributed by atoms with Crippen LogP contribution in [0.1, 0.15) is 34.3 Å². The Morgan fingerprint density at radius 2 is 2.12 bits per heavy atom. The van der Waals surface area contributed by atoms with Crippen molar-refractivity contribution in [2.24, 2.45) is 0 Å². The molecule has 0 fully saturated rings. The second-order valence-electron chi connectivity index (χ2n) is 6.84. The maximum atomic E-state index is 13.1. The van der Waals surface area contributed by atoms with Gasteiger partial charge in [0, 0.05) is 24.5 Å². The van der Waals surface area contributed by atoms with Gasteiger partial charge in [-0.3, -0.25) is 9.48 Å². The van der Waals surface area contributed by atoms with Crippen molar-refractivity contribution in [2.75, 3.05) is 33.4 Å². The van der Waals surface area contributed by atoms with E-state index in [1.165, 1.54) is 0 Å². The highest BCUT2D eigenvalue weighted by atomic mass is 32.2. The fourth-order valence-electron chi connectivity index (χ4n) is 3.25. The highest BCUT2D eigenvalue weighted by Gasteiger charge is 2.24. The predicted octanol–water partition coefficient (Wildman–Crippen LogP) is 2.25. The maximum absolute atomic E-state index is 13.1. The van der Waals surface area contributed by atoms with Gasteiger partial charge < -0.3 is 14.9 Å². The molecule has 1 N–H and O–H groups in total. The number of amides is 1. The third-order valence-corrected chi connectivity index (χ3v) is 5.33. The number of hydrogen-bond donors (Lipinski definition) is 1. The average molecular weight is 375 g/mol. The first-order chi connectivity index (χ1) is 12.5. The number of likely N-dealkylation sites (N-methyl/N-ethyl adjacent to an activating group) is 1. The van der Waals surface area contributed by atoms with Crippen LogP contribution < -0.4 is 0 Å². The van der Waals surface area contributed by atoms with E-state index >= 15 is 0 Å². The van der Waals surface area contributed by atoms with Gasteiger partial charge in [0.1, 0.15) is 6.10 Å². The molecule has 0 saturated carbocycles. The standard InChI is InChI=1S/C19H26N4O2S/c1-21(2)13-17(24)16-11-14-12-22(9-6-10-23(14)20-16)19(25)15-7-4-5-8-18(15)26-3/h4-5,7-8,11,17,24H,6,9-10,12-13H2,1-3H3/t17-/m0/s1. The third kappa shape index (κ3) is 4.11. The lowest BCUT2D eigenvalue weighted by atomic mass is 10.2. The quantitative estimate of drug-likeness (QED) is 0.814. The number of rotatable bonds is 5. The molecular weight excluding hydrogens is 348 g/mol. The first kappa shape index (κ1) is 18.9. The minimum absolute atomic E-state index is 0.0555. The van der Waals surface area contributed by atoms with Gasteiger partial charge in [-0.05, 0) is 45.0 Å². The average Bonchev–Trinajstić information content (AvgIpc) is 2.92. The Morgan fingerprint density at radius 1 is 1.35 bits per heavy atom.